The monoisotopic (exact) mass is 468 g/mol. The van der Waals surface area contributed by atoms with Crippen LogP contribution < -0.4 is 19.6 Å². The predicted molar refractivity (Wildman–Crippen MR) is 139 cm³/mol. The van der Waals surface area contributed by atoms with Crippen LogP contribution in [0.15, 0.2) is 84.0 Å². The number of rotatable bonds is 9. The van der Waals surface area contributed by atoms with E-state index in [1.807, 2.05) is 67.6 Å². The third kappa shape index (κ3) is 5.98. The number of amides is 1. The van der Waals surface area contributed by atoms with Crippen molar-refractivity contribution >= 4 is 22.9 Å². The van der Waals surface area contributed by atoms with E-state index in [2.05, 4.69) is 29.6 Å². The van der Waals surface area contributed by atoms with Crippen molar-refractivity contribution in [3.05, 3.63) is 101 Å². The fourth-order valence-corrected chi connectivity index (χ4v) is 3.63. The minimum atomic E-state index is -0.355. The molecule has 0 radical (unpaired) electrons. The van der Waals surface area contributed by atoms with Gasteiger partial charge in [-0.15, -0.1) is 0 Å². The second-order valence-electron chi connectivity index (χ2n) is 8.01. The van der Waals surface area contributed by atoms with Gasteiger partial charge in [-0.3, -0.25) is 4.79 Å². The average molecular weight is 469 g/mol. The van der Waals surface area contributed by atoms with Crippen LogP contribution in [0.25, 0.3) is 10.8 Å². The van der Waals surface area contributed by atoms with Gasteiger partial charge in [-0.2, -0.15) is 5.10 Å². The number of hydrazone groups is 1. The van der Waals surface area contributed by atoms with Gasteiger partial charge < -0.3 is 14.2 Å². The molecule has 0 spiro atoms. The molecular formula is C29H28N2O4. The van der Waals surface area contributed by atoms with Crippen LogP contribution in [0.1, 0.15) is 34.0 Å². The summed E-state index contributed by atoms with van der Waals surface area (Å²) in [5.41, 5.74) is 6.05. The summed E-state index contributed by atoms with van der Waals surface area (Å²) in [6.45, 7) is 4.91. The maximum absolute atomic E-state index is 12.8. The Hall–Kier alpha value is -4.32. The van der Waals surface area contributed by atoms with Crippen LogP contribution in [-0.4, -0.2) is 25.8 Å². The molecule has 0 saturated carbocycles. The number of nitrogens with zero attached hydrogens (tertiary/aromatic N) is 1. The second kappa shape index (κ2) is 11.2. The summed E-state index contributed by atoms with van der Waals surface area (Å²) < 4.78 is 17.2. The van der Waals surface area contributed by atoms with Gasteiger partial charge in [-0.25, -0.2) is 5.43 Å². The third-order valence-corrected chi connectivity index (χ3v) is 5.47. The van der Waals surface area contributed by atoms with E-state index >= 15 is 0 Å². The first-order chi connectivity index (χ1) is 17.1. The molecule has 4 aromatic carbocycles. The van der Waals surface area contributed by atoms with E-state index in [1.54, 1.807) is 19.4 Å². The summed E-state index contributed by atoms with van der Waals surface area (Å²) in [4.78, 5) is 12.8. The van der Waals surface area contributed by atoms with Gasteiger partial charge in [0.05, 0.1) is 25.5 Å². The Kier molecular flexibility index (Phi) is 7.63. The van der Waals surface area contributed by atoms with Gasteiger partial charge in [-0.1, -0.05) is 54.1 Å². The van der Waals surface area contributed by atoms with E-state index in [4.69, 9.17) is 14.2 Å². The number of benzene rings is 4. The zero-order valence-corrected chi connectivity index (χ0v) is 20.1. The molecule has 0 saturated heterocycles. The van der Waals surface area contributed by atoms with Crippen molar-refractivity contribution < 1.29 is 19.0 Å². The summed E-state index contributed by atoms with van der Waals surface area (Å²) in [6, 6.07) is 25.2. The molecule has 0 atom stereocenters. The number of aryl methyl sites for hydroxylation is 1. The molecule has 178 valence electrons. The highest BCUT2D eigenvalue weighted by molar-refractivity contribution is 6.02. The molecule has 0 unspecified atom stereocenters. The minimum Gasteiger partial charge on any atom is -0.496 e. The quantitative estimate of drug-likeness (QED) is 0.245. The maximum atomic E-state index is 12.8. The van der Waals surface area contributed by atoms with E-state index in [-0.39, 0.29) is 5.91 Å². The normalized spacial score (nSPS) is 10.9. The largest absolute Gasteiger partial charge is 0.496 e. The lowest BCUT2D eigenvalue weighted by Gasteiger charge is -2.13. The van der Waals surface area contributed by atoms with Crippen molar-refractivity contribution in [3.63, 3.8) is 0 Å². The van der Waals surface area contributed by atoms with Crippen LogP contribution in [0.3, 0.4) is 0 Å². The van der Waals surface area contributed by atoms with Gasteiger partial charge in [0.25, 0.3) is 5.91 Å². The molecule has 0 bridgehead atoms. The fraction of sp³-hybridized carbons (Fsp3) is 0.172. The number of nitrogens with one attached hydrogen (secondary N) is 1. The molecule has 1 amide bonds. The van der Waals surface area contributed by atoms with Crippen LogP contribution in [0.4, 0.5) is 0 Å². The van der Waals surface area contributed by atoms with Crippen molar-refractivity contribution in [3.8, 4) is 17.2 Å². The van der Waals surface area contributed by atoms with Gasteiger partial charge in [0, 0.05) is 0 Å². The van der Waals surface area contributed by atoms with Crippen molar-refractivity contribution in [2.45, 2.75) is 20.5 Å². The number of hydrogen-bond donors (Lipinski definition) is 1. The minimum absolute atomic E-state index is 0.355. The highest BCUT2D eigenvalue weighted by atomic mass is 16.5. The molecule has 0 aliphatic rings. The Bertz CT molecular complexity index is 1350. The molecule has 0 aliphatic carbocycles. The first kappa shape index (κ1) is 23.8. The van der Waals surface area contributed by atoms with Gasteiger partial charge in [-0.05, 0) is 66.1 Å². The first-order valence-electron chi connectivity index (χ1n) is 11.4. The lowest BCUT2D eigenvalue weighted by molar-refractivity contribution is 0.0952. The average Bonchev–Trinajstić information content (AvgIpc) is 2.88. The Labute approximate surface area is 205 Å². The number of carbonyl (C=O) groups is 1. The van der Waals surface area contributed by atoms with Gasteiger partial charge >= 0.3 is 0 Å². The molecule has 35 heavy (non-hydrogen) atoms. The maximum Gasteiger partial charge on any atom is 0.275 e. The van der Waals surface area contributed by atoms with Gasteiger partial charge in [0.2, 0.25) is 0 Å². The van der Waals surface area contributed by atoms with Gasteiger partial charge in [0.1, 0.15) is 12.4 Å². The van der Waals surface area contributed by atoms with Crippen LogP contribution in [0.5, 0.6) is 17.2 Å². The molecule has 6 heteroatoms. The molecule has 0 heterocycles. The standard InChI is InChI=1S/C29H28N2O4/c1-4-34-28-15-22(13-14-26(28)35-19-21-11-9-20(2)10-12-21)18-30-31-29(32)25-16-23-7-5-6-8-24(23)17-27(25)33-3/h5-18H,4,19H2,1-3H3,(H,31,32). The van der Waals surface area contributed by atoms with E-state index in [0.717, 1.165) is 21.9 Å². The molecule has 4 aromatic rings. The Balaban J connectivity index is 1.45. The van der Waals surface area contributed by atoms with Crippen LogP contribution in [-0.2, 0) is 6.61 Å². The highest BCUT2D eigenvalue weighted by Crippen LogP contribution is 2.29. The molecule has 0 aliphatic heterocycles. The predicted octanol–water partition coefficient (Wildman–Crippen LogP) is 5.90. The summed E-state index contributed by atoms with van der Waals surface area (Å²) >= 11 is 0. The smallest absolute Gasteiger partial charge is 0.275 e. The van der Waals surface area contributed by atoms with Crippen molar-refractivity contribution in [1.29, 1.82) is 0 Å². The fourth-order valence-electron chi connectivity index (χ4n) is 3.63. The first-order valence-corrected chi connectivity index (χ1v) is 11.4. The van der Waals surface area contributed by atoms with E-state index in [9.17, 15) is 4.79 Å². The number of methoxy groups -OCH3 is 1. The van der Waals surface area contributed by atoms with Crippen LogP contribution >= 0.6 is 0 Å². The van der Waals surface area contributed by atoms with Crippen molar-refractivity contribution in [1.82, 2.24) is 5.43 Å². The lowest BCUT2D eigenvalue weighted by Crippen LogP contribution is -2.18. The Morgan fingerprint density at radius 2 is 1.63 bits per heavy atom. The Morgan fingerprint density at radius 3 is 2.34 bits per heavy atom. The lowest BCUT2D eigenvalue weighted by atomic mass is 10.1. The number of fused-ring (bicyclic) bond motifs is 1. The van der Waals surface area contributed by atoms with Gasteiger partial charge in [0.15, 0.2) is 11.5 Å². The number of hydrogen-bond acceptors (Lipinski definition) is 5. The molecule has 1 N–H and O–H groups in total. The van der Waals surface area contributed by atoms with Crippen molar-refractivity contribution in [2.75, 3.05) is 13.7 Å². The molecule has 0 aromatic heterocycles. The van der Waals surface area contributed by atoms with Crippen molar-refractivity contribution in [2.24, 2.45) is 5.10 Å². The number of carbonyl (C=O) groups excluding carboxylic acids is 1. The summed E-state index contributed by atoms with van der Waals surface area (Å²) in [5, 5.41) is 6.08. The number of ether oxygens (including phenoxy) is 3. The molecular weight excluding hydrogens is 440 g/mol. The Morgan fingerprint density at radius 1 is 0.886 bits per heavy atom. The van der Waals surface area contributed by atoms with E-state index in [0.29, 0.717) is 36.0 Å². The zero-order chi connectivity index (χ0) is 24.6. The van der Waals surface area contributed by atoms with E-state index in [1.165, 1.54) is 5.56 Å². The van der Waals surface area contributed by atoms with Crippen LogP contribution in [0, 0.1) is 6.92 Å². The molecule has 6 nitrogen and oxygen atoms in total. The SMILES string of the molecule is CCOc1cc(C=NNC(=O)c2cc3ccccc3cc2OC)ccc1OCc1ccc(C)cc1. The summed E-state index contributed by atoms with van der Waals surface area (Å²) in [7, 11) is 1.54. The molecule has 0 fully saturated rings. The topological polar surface area (TPSA) is 69.2 Å². The highest BCUT2D eigenvalue weighted by Gasteiger charge is 2.13. The summed E-state index contributed by atoms with van der Waals surface area (Å²) in [6.07, 6.45) is 1.57. The zero-order valence-electron chi connectivity index (χ0n) is 20.1. The third-order valence-electron chi connectivity index (χ3n) is 5.47. The second-order valence-corrected chi connectivity index (χ2v) is 8.01. The van der Waals surface area contributed by atoms with E-state index < -0.39 is 0 Å². The van der Waals surface area contributed by atoms with Crippen LogP contribution in [0.2, 0.25) is 0 Å². The summed E-state index contributed by atoms with van der Waals surface area (Å²) in [5.74, 6) is 1.40. The molecule has 4 rings (SSSR count).